The number of hydrogen-bond acceptors (Lipinski definition) is 4. The zero-order chi connectivity index (χ0) is 16.4. The van der Waals surface area contributed by atoms with E-state index in [0.717, 1.165) is 22.6 Å². The molecule has 3 rings (SSSR count). The van der Waals surface area contributed by atoms with Gasteiger partial charge in [0.05, 0.1) is 22.8 Å². The van der Waals surface area contributed by atoms with Crippen molar-refractivity contribution in [3.05, 3.63) is 46.7 Å². The second kappa shape index (κ2) is 6.37. The van der Waals surface area contributed by atoms with Crippen molar-refractivity contribution in [1.29, 1.82) is 0 Å². The number of carbonyl (C=O) groups excluding carboxylic acids is 1. The molecule has 0 aliphatic carbocycles. The van der Waals surface area contributed by atoms with Gasteiger partial charge < -0.3 is 5.32 Å². The fourth-order valence-electron chi connectivity index (χ4n) is 2.42. The van der Waals surface area contributed by atoms with E-state index in [4.69, 9.17) is 0 Å². The van der Waals surface area contributed by atoms with Crippen molar-refractivity contribution in [2.45, 2.75) is 26.3 Å². The zero-order valence-corrected chi connectivity index (χ0v) is 14.1. The molecule has 0 bridgehead atoms. The van der Waals surface area contributed by atoms with E-state index in [2.05, 4.69) is 33.6 Å². The van der Waals surface area contributed by atoms with Gasteiger partial charge in [-0.1, -0.05) is 6.92 Å². The lowest BCUT2D eigenvalue weighted by atomic mass is 10.1. The number of thiophene rings is 1. The molecule has 23 heavy (non-hydrogen) atoms. The van der Waals surface area contributed by atoms with E-state index in [1.54, 1.807) is 28.3 Å². The van der Waals surface area contributed by atoms with E-state index in [0.29, 0.717) is 5.69 Å². The van der Waals surface area contributed by atoms with Crippen LogP contribution >= 0.6 is 11.3 Å². The van der Waals surface area contributed by atoms with Gasteiger partial charge >= 0.3 is 0 Å². The second-order valence-electron chi connectivity index (χ2n) is 5.46. The van der Waals surface area contributed by atoms with Crippen molar-refractivity contribution in [3.8, 4) is 10.6 Å². The summed E-state index contributed by atoms with van der Waals surface area (Å²) in [5.41, 5.74) is 2.25. The largest absolute Gasteiger partial charge is 0.344 e. The van der Waals surface area contributed by atoms with Crippen LogP contribution in [0.15, 0.2) is 30.6 Å². The Hall–Kier alpha value is -2.41. The summed E-state index contributed by atoms with van der Waals surface area (Å²) in [6.45, 7) is 4.08. The molecule has 0 aromatic carbocycles. The van der Waals surface area contributed by atoms with Crippen LogP contribution < -0.4 is 5.32 Å². The molecule has 1 amide bonds. The molecule has 3 heterocycles. The number of nitrogens with zero attached hydrogens (tertiary/aromatic N) is 3. The number of aryl methyl sites for hydroxylation is 2. The highest BCUT2D eigenvalue weighted by molar-refractivity contribution is 7.15. The summed E-state index contributed by atoms with van der Waals surface area (Å²) in [4.78, 5) is 14.7. The number of hydrogen-bond donors (Lipinski definition) is 2. The third kappa shape index (κ3) is 3.34. The van der Waals surface area contributed by atoms with Gasteiger partial charge in [-0.05, 0) is 31.5 Å². The van der Waals surface area contributed by atoms with Crippen LogP contribution in [0.1, 0.15) is 40.3 Å². The van der Waals surface area contributed by atoms with Gasteiger partial charge in [-0.15, -0.1) is 11.3 Å². The van der Waals surface area contributed by atoms with Crippen LogP contribution in [0.3, 0.4) is 0 Å². The summed E-state index contributed by atoms with van der Waals surface area (Å²) >= 11 is 1.67. The molecule has 0 saturated carbocycles. The van der Waals surface area contributed by atoms with E-state index in [1.165, 1.54) is 4.88 Å². The first kappa shape index (κ1) is 15.5. The normalized spacial score (nSPS) is 12.3. The van der Waals surface area contributed by atoms with Gasteiger partial charge in [-0.3, -0.25) is 14.6 Å². The van der Waals surface area contributed by atoms with Crippen molar-refractivity contribution < 1.29 is 4.79 Å². The molecule has 0 aliphatic rings. The lowest BCUT2D eigenvalue weighted by molar-refractivity contribution is 0.0930. The monoisotopic (exact) mass is 329 g/mol. The lowest BCUT2D eigenvalue weighted by Crippen LogP contribution is -2.28. The van der Waals surface area contributed by atoms with Crippen LogP contribution in [0.25, 0.3) is 10.6 Å². The van der Waals surface area contributed by atoms with Gasteiger partial charge in [0, 0.05) is 23.7 Å². The predicted molar refractivity (Wildman–Crippen MR) is 90.3 cm³/mol. The molecule has 0 fully saturated rings. The first-order valence-electron chi connectivity index (χ1n) is 7.48. The maximum Gasteiger partial charge on any atom is 0.272 e. The molecular weight excluding hydrogens is 310 g/mol. The van der Waals surface area contributed by atoms with Crippen molar-refractivity contribution in [1.82, 2.24) is 25.3 Å². The number of rotatable bonds is 5. The fourth-order valence-corrected chi connectivity index (χ4v) is 3.25. The summed E-state index contributed by atoms with van der Waals surface area (Å²) in [7, 11) is 1.86. The Morgan fingerprint density at radius 1 is 1.48 bits per heavy atom. The first-order chi connectivity index (χ1) is 11.1. The minimum absolute atomic E-state index is 0.0691. The molecule has 3 aromatic rings. The SMILES string of the molecule is CC[C@H](NC(=O)c1cc(-c2ccc(C)s2)[nH]n1)c1cnn(C)c1. The van der Waals surface area contributed by atoms with Crippen molar-refractivity contribution in [3.63, 3.8) is 0 Å². The molecule has 0 saturated heterocycles. The highest BCUT2D eigenvalue weighted by Gasteiger charge is 2.18. The summed E-state index contributed by atoms with van der Waals surface area (Å²) in [6.07, 6.45) is 4.48. The van der Waals surface area contributed by atoms with Gasteiger partial charge in [-0.2, -0.15) is 10.2 Å². The molecule has 0 spiro atoms. The summed E-state index contributed by atoms with van der Waals surface area (Å²) in [5.74, 6) is -0.184. The molecule has 2 N–H and O–H groups in total. The average molecular weight is 329 g/mol. The van der Waals surface area contributed by atoms with Crippen LogP contribution in [0.2, 0.25) is 0 Å². The predicted octanol–water partition coefficient (Wildman–Crippen LogP) is 3.06. The van der Waals surface area contributed by atoms with Crippen LogP contribution in [-0.2, 0) is 7.05 Å². The first-order valence-corrected chi connectivity index (χ1v) is 8.30. The third-order valence-corrected chi connectivity index (χ3v) is 4.69. The summed E-state index contributed by atoms with van der Waals surface area (Å²) in [5, 5.41) is 14.2. The highest BCUT2D eigenvalue weighted by Crippen LogP contribution is 2.26. The smallest absolute Gasteiger partial charge is 0.272 e. The molecule has 0 radical (unpaired) electrons. The molecule has 120 valence electrons. The Morgan fingerprint density at radius 3 is 2.91 bits per heavy atom. The number of aromatic amines is 1. The average Bonchev–Trinajstić information content (AvgIpc) is 3.24. The van der Waals surface area contributed by atoms with Crippen LogP contribution in [0, 0.1) is 6.92 Å². The number of aromatic nitrogens is 4. The quantitative estimate of drug-likeness (QED) is 0.755. The Labute approximate surface area is 138 Å². The minimum atomic E-state index is -0.184. The summed E-state index contributed by atoms with van der Waals surface area (Å²) in [6, 6.07) is 5.80. The van der Waals surface area contributed by atoms with Gasteiger partial charge in [0.1, 0.15) is 0 Å². The van der Waals surface area contributed by atoms with Crippen molar-refractivity contribution in [2.24, 2.45) is 7.05 Å². The van der Waals surface area contributed by atoms with Gasteiger partial charge in [0.25, 0.3) is 5.91 Å². The fraction of sp³-hybridized carbons (Fsp3) is 0.312. The van der Waals surface area contributed by atoms with E-state index in [9.17, 15) is 4.79 Å². The molecule has 0 unspecified atom stereocenters. The number of H-pyrrole nitrogens is 1. The topological polar surface area (TPSA) is 75.6 Å². The standard InChI is InChI=1S/C16H19N5OS/c1-4-12(11-8-17-21(3)9-11)18-16(22)14-7-13(19-20-14)15-6-5-10(2)23-15/h5-9,12H,4H2,1-3H3,(H,18,22)(H,19,20)/t12-/m0/s1. The van der Waals surface area contributed by atoms with Gasteiger partial charge in [-0.25, -0.2) is 0 Å². The number of amides is 1. The maximum atomic E-state index is 12.4. The Bertz CT molecular complexity index is 816. The molecule has 3 aromatic heterocycles. The van der Waals surface area contributed by atoms with E-state index in [-0.39, 0.29) is 11.9 Å². The van der Waals surface area contributed by atoms with Crippen molar-refractivity contribution in [2.75, 3.05) is 0 Å². The van der Waals surface area contributed by atoms with Gasteiger partial charge in [0.2, 0.25) is 0 Å². The van der Waals surface area contributed by atoms with Crippen LogP contribution in [-0.4, -0.2) is 25.9 Å². The third-order valence-electron chi connectivity index (χ3n) is 3.66. The van der Waals surface area contributed by atoms with Crippen LogP contribution in [0.4, 0.5) is 0 Å². The maximum absolute atomic E-state index is 12.4. The van der Waals surface area contributed by atoms with Crippen molar-refractivity contribution >= 4 is 17.2 Å². The van der Waals surface area contributed by atoms with E-state index >= 15 is 0 Å². The molecule has 0 aliphatic heterocycles. The molecule has 1 atom stereocenters. The number of carbonyl (C=O) groups is 1. The molecule has 7 heteroatoms. The number of nitrogens with one attached hydrogen (secondary N) is 2. The zero-order valence-electron chi connectivity index (χ0n) is 13.3. The second-order valence-corrected chi connectivity index (χ2v) is 6.75. The highest BCUT2D eigenvalue weighted by atomic mass is 32.1. The van der Waals surface area contributed by atoms with E-state index in [1.807, 2.05) is 26.2 Å². The summed E-state index contributed by atoms with van der Waals surface area (Å²) < 4.78 is 1.73. The lowest BCUT2D eigenvalue weighted by Gasteiger charge is -2.14. The minimum Gasteiger partial charge on any atom is -0.344 e. The van der Waals surface area contributed by atoms with E-state index < -0.39 is 0 Å². The Kier molecular flexibility index (Phi) is 4.29. The van der Waals surface area contributed by atoms with Gasteiger partial charge in [0.15, 0.2) is 5.69 Å². The Morgan fingerprint density at radius 2 is 2.30 bits per heavy atom. The Balaban J connectivity index is 1.74. The molecule has 6 nitrogen and oxygen atoms in total. The van der Waals surface area contributed by atoms with Crippen LogP contribution in [0.5, 0.6) is 0 Å². The molecular formula is C16H19N5OS.